The summed E-state index contributed by atoms with van der Waals surface area (Å²) in [6.45, 7) is -0.440. The number of amides is 1. The fourth-order valence-electron chi connectivity index (χ4n) is 3.48. The van der Waals surface area contributed by atoms with Gasteiger partial charge in [0.1, 0.15) is 0 Å². The lowest BCUT2D eigenvalue weighted by Crippen LogP contribution is -2.40. The molecule has 2 fully saturated rings. The van der Waals surface area contributed by atoms with E-state index in [0.29, 0.717) is 12.3 Å². The van der Waals surface area contributed by atoms with Crippen LogP contribution < -0.4 is 0 Å². The van der Waals surface area contributed by atoms with Crippen molar-refractivity contribution in [1.29, 1.82) is 0 Å². The van der Waals surface area contributed by atoms with Crippen LogP contribution in [0.2, 0.25) is 0 Å². The summed E-state index contributed by atoms with van der Waals surface area (Å²) in [6, 6.07) is 10.6. The fourth-order valence-corrected chi connectivity index (χ4v) is 5.25. The van der Waals surface area contributed by atoms with Crippen molar-refractivity contribution in [3.8, 4) is 5.69 Å². The smallest absolute Gasteiger partial charge is 0.357 e. The van der Waals surface area contributed by atoms with E-state index in [1.165, 1.54) is 4.90 Å². The van der Waals surface area contributed by atoms with Gasteiger partial charge in [-0.3, -0.25) is 4.79 Å². The third-order valence-corrected chi connectivity index (χ3v) is 7.16. The maximum Gasteiger partial charge on any atom is 0.357 e. The van der Waals surface area contributed by atoms with E-state index < -0.39 is 28.3 Å². The summed E-state index contributed by atoms with van der Waals surface area (Å²) in [5, 5.41) is 4.56. The number of carbonyl (C=O) groups excluding carboxylic acids is 2. The Labute approximate surface area is 169 Å². The summed E-state index contributed by atoms with van der Waals surface area (Å²) in [6.07, 6.45) is 2.51. The van der Waals surface area contributed by atoms with Gasteiger partial charge in [0.15, 0.2) is 22.1 Å². The van der Waals surface area contributed by atoms with Crippen LogP contribution in [0.1, 0.15) is 41.4 Å². The minimum Gasteiger partial charge on any atom is -0.451 e. The Morgan fingerprint density at radius 2 is 1.93 bits per heavy atom. The third-order valence-electron chi connectivity index (χ3n) is 5.41. The second kappa shape index (κ2) is 7.62. The van der Waals surface area contributed by atoms with Crippen molar-refractivity contribution in [3.05, 3.63) is 47.8 Å². The number of sulfone groups is 1. The molecule has 1 saturated heterocycles. The van der Waals surface area contributed by atoms with Crippen molar-refractivity contribution in [3.63, 3.8) is 0 Å². The molecular formula is C20H23N3O5S. The van der Waals surface area contributed by atoms with Gasteiger partial charge in [-0.25, -0.2) is 17.9 Å². The van der Waals surface area contributed by atoms with Crippen molar-refractivity contribution in [2.45, 2.75) is 31.2 Å². The molecule has 1 aliphatic carbocycles. The molecular weight excluding hydrogens is 394 g/mol. The number of ether oxygens (including phenoxy) is 1. The van der Waals surface area contributed by atoms with Gasteiger partial charge in [-0.1, -0.05) is 18.2 Å². The van der Waals surface area contributed by atoms with Crippen LogP contribution in [0.5, 0.6) is 0 Å². The maximum absolute atomic E-state index is 12.7. The van der Waals surface area contributed by atoms with E-state index in [-0.39, 0.29) is 23.2 Å². The van der Waals surface area contributed by atoms with Crippen molar-refractivity contribution in [2.75, 3.05) is 25.2 Å². The second-order valence-corrected chi connectivity index (χ2v) is 9.84. The molecule has 1 saturated carbocycles. The molecule has 4 rings (SSSR count). The van der Waals surface area contributed by atoms with Crippen LogP contribution in [0.25, 0.3) is 5.69 Å². The molecule has 8 nitrogen and oxygen atoms in total. The van der Waals surface area contributed by atoms with Crippen molar-refractivity contribution in [2.24, 2.45) is 0 Å². The number of hydrogen-bond acceptors (Lipinski definition) is 6. The van der Waals surface area contributed by atoms with Gasteiger partial charge in [0.25, 0.3) is 5.91 Å². The van der Waals surface area contributed by atoms with E-state index in [1.807, 2.05) is 30.3 Å². The molecule has 9 heteroatoms. The summed E-state index contributed by atoms with van der Waals surface area (Å²) < 4.78 is 30.0. The average molecular weight is 417 g/mol. The molecule has 0 bridgehead atoms. The Hall–Kier alpha value is -2.68. The molecule has 2 aliphatic rings. The second-order valence-electron chi connectivity index (χ2n) is 7.61. The number of aromatic nitrogens is 2. The number of para-hydroxylation sites is 1. The number of likely N-dealkylation sites (N-methyl/N-ethyl adjacent to an activating group) is 1. The zero-order valence-corrected chi connectivity index (χ0v) is 17.0. The Morgan fingerprint density at radius 3 is 2.55 bits per heavy atom. The minimum atomic E-state index is -3.10. The lowest BCUT2D eigenvalue weighted by Gasteiger charge is -2.23. The number of hydrogen-bond donors (Lipinski definition) is 0. The number of benzene rings is 1. The summed E-state index contributed by atoms with van der Waals surface area (Å²) in [5.74, 6) is -0.657. The average Bonchev–Trinajstić information content (AvgIpc) is 3.36. The van der Waals surface area contributed by atoms with Crippen LogP contribution >= 0.6 is 0 Å². The molecule has 0 unspecified atom stereocenters. The largest absolute Gasteiger partial charge is 0.451 e. The van der Waals surface area contributed by atoms with Crippen LogP contribution in [0.3, 0.4) is 0 Å². The highest BCUT2D eigenvalue weighted by molar-refractivity contribution is 7.91. The highest BCUT2D eigenvalue weighted by Crippen LogP contribution is 2.39. The molecule has 29 heavy (non-hydrogen) atoms. The zero-order chi connectivity index (χ0) is 20.6. The highest BCUT2D eigenvalue weighted by atomic mass is 32.2. The Morgan fingerprint density at radius 1 is 1.21 bits per heavy atom. The third kappa shape index (κ3) is 4.34. The molecule has 1 amide bonds. The number of carbonyl (C=O) groups is 2. The molecule has 1 atom stereocenters. The Balaban J connectivity index is 1.45. The van der Waals surface area contributed by atoms with Gasteiger partial charge >= 0.3 is 5.97 Å². The van der Waals surface area contributed by atoms with Gasteiger partial charge in [0, 0.05) is 19.0 Å². The van der Waals surface area contributed by atoms with Crippen LogP contribution in [0, 0.1) is 0 Å². The van der Waals surface area contributed by atoms with Gasteiger partial charge in [-0.2, -0.15) is 5.10 Å². The summed E-state index contributed by atoms with van der Waals surface area (Å²) in [4.78, 5) is 26.4. The molecule has 0 N–H and O–H groups in total. The topological polar surface area (TPSA) is 98.6 Å². The summed E-state index contributed by atoms with van der Waals surface area (Å²) >= 11 is 0. The van der Waals surface area contributed by atoms with Crippen molar-refractivity contribution >= 4 is 21.7 Å². The Bertz CT molecular complexity index is 1030. The van der Waals surface area contributed by atoms with E-state index in [0.717, 1.165) is 24.2 Å². The molecule has 2 heterocycles. The van der Waals surface area contributed by atoms with Crippen LogP contribution in [-0.2, 0) is 19.4 Å². The predicted octanol–water partition coefficient (Wildman–Crippen LogP) is 1.55. The van der Waals surface area contributed by atoms with Gasteiger partial charge in [0.05, 0.1) is 22.9 Å². The first-order chi connectivity index (χ1) is 13.8. The van der Waals surface area contributed by atoms with Crippen LogP contribution in [0.4, 0.5) is 0 Å². The van der Waals surface area contributed by atoms with E-state index >= 15 is 0 Å². The standard InChI is InChI=1S/C20H23N3O5S/c1-22(16-9-10-29(26,27)13-16)19(24)12-28-20(25)18-11-17(14-7-8-14)21-23(18)15-5-3-2-4-6-15/h2-6,11,14,16H,7-10,12-13H2,1H3/t16-/m1/s1. The maximum atomic E-state index is 12.7. The SMILES string of the molecule is CN(C(=O)COC(=O)c1cc(C2CC2)nn1-c1ccccc1)[C@@H]1CCS(=O)(=O)C1. The van der Waals surface area contributed by atoms with Gasteiger partial charge in [-0.05, 0) is 37.5 Å². The Kier molecular flexibility index (Phi) is 5.16. The van der Waals surface area contributed by atoms with Crippen molar-refractivity contribution < 1.29 is 22.7 Å². The molecule has 2 aromatic rings. The summed E-state index contributed by atoms with van der Waals surface area (Å²) in [5.41, 5.74) is 1.86. The number of nitrogens with zero attached hydrogens (tertiary/aromatic N) is 3. The molecule has 1 aliphatic heterocycles. The van der Waals surface area contributed by atoms with E-state index in [1.54, 1.807) is 17.8 Å². The molecule has 0 spiro atoms. The number of esters is 1. The first kappa shape index (κ1) is 19.6. The van der Waals surface area contributed by atoms with Gasteiger partial charge in [0.2, 0.25) is 0 Å². The molecule has 154 valence electrons. The normalized spacial score (nSPS) is 20.4. The van der Waals surface area contributed by atoms with Gasteiger partial charge in [-0.15, -0.1) is 0 Å². The van der Waals surface area contributed by atoms with Crippen molar-refractivity contribution in [1.82, 2.24) is 14.7 Å². The molecule has 0 radical (unpaired) electrons. The quantitative estimate of drug-likeness (QED) is 0.662. The molecule has 1 aromatic carbocycles. The number of rotatable bonds is 6. The highest BCUT2D eigenvalue weighted by Gasteiger charge is 2.33. The van der Waals surface area contributed by atoms with Gasteiger partial charge < -0.3 is 9.64 Å². The first-order valence-corrected chi connectivity index (χ1v) is 11.4. The van der Waals surface area contributed by atoms with E-state index in [4.69, 9.17) is 4.74 Å². The van der Waals surface area contributed by atoms with E-state index in [9.17, 15) is 18.0 Å². The van der Waals surface area contributed by atoms with Crippen LogP contribution in [0.15, 0.2) is 36.4 Å². The summed E-state index contributed by atoms with van der Waals surface area (Å²) in [7, 11) is -1.55. The first-order valence-electron chi connectivity index (χ1n) is 9.62. The minimum absolute atomic E-state index is 0.0469. The molecule has 1 aromatic heterocycles. The van der Waals surface area contributed by atoms with E-state index in [2.05, 4.69) is 5.10 Å². The lowest BCUT2D eigenvalue weighted by molar-refractivity contribution is -0.134. The monoisotopic (exact) mass is 417 g/mol. The van der Waals surface area contributed by atoms with Crippen LogP contribution in [-0.4, -0.2) is 66.2 Å². The fraction of sp³-hybridized carbons (Fsp3) is 0.450. The lowest BCUT2D eigenvalue weighted by atomic mass is 10.2. The predicted molar refractivity (Wildman–Crippen MR) is 106 cm³/mol. The zero-order valence-electron chi connectivity index (χ0n) is 16.2.